The molecule has 0 aliphatic rings. The molecule has 0 radical (unpaired) electrons. The van der Waals surface area contributed by atoms with Gasteiger partial charge < -0.3 is 31.7 Å². The fraction of sp³-hybridized carbons (Fsp3) is 0.789. The second kappa shape index (κ2) is 15.7. The first-order valence-electron chi connectivity index (χ1n) is 10.1. The highest BCUT2D eigenvalue weighted by atomic mass is 16.5. The summed E-state index contributed by atoms with van der Waals surface area (Å²) in [5.74, 6) is -1.01. The van der Waals surface area contributed by atoms with Gasteiger partial charge >= 0.3 is 0 Å². The fourth-order valence-electron chi connectivity index (χ4n) is 2.17. The van der Waals surface area contributed by atoms with Gasteiger partial charge in [-0.05, 0) is 26.2 Å². The molecular weight excluding hydrogens is 378 g/mol. The van der Waals surface area contributed by atoms with Crippen LogP contribution in [0.3, 0.4) is 0 Å². The summed E-state index contributed by atoms with van der Waals surface area (Å²) in [5, 5.41) is 10.3. The van der Waals surface area contributed by atoms with Crippen molar-refractivity contribution in [2.24, 2.45) is 11.7 Å². The lowest BCUT2D eigenvalue weighted by atomic mass is 10.2. The Labute approximate surface area is 173 Å². The normalized spacial score (nSPS) is 12.8. The minimum atomic E-state index is -0.826. The van der Waals surface area contributed by atoms with Crippen LogP contribution < -0.4 is 27.0 Å². The van der Waals surface area contributed by atoms with E-state index in [9.17, 15) is 19.2 Å². The molecular formula is C19H37N5O5. The third-order valence-corrected chi connectivity index (χ3v) is 3.78. The van der Waals surface area contributed by atoms with Crippen molar-refractivity contribution >= 4 is 23.6 Å². The predicted molar refractivity (Wildman–Crippen MR) is 110 cm³/mol. The summed E-state index contributed by atoms with van der Waals surface area (Å²) in [5.41, 5.74) is 5.30. The standard InChI is InChI=1S/C19H37N5O5/c1-13(2)12-29-11-5-9-21-16(25)6-7-17(26)23-15(4)19(28)24-14(3)18(27)22-10-8-20/h13-15H,5-12,20H2,1-4H3,(H,21,25)(H,22,27)(H,23,26)(H,24,28). The average Bonchev–Trinajstić information content (AvgIpc) is 2.66. The second-order valence-corrected chi connectivity index (χ2v) is 7.27. The summed E-state index contributed by atoms with van der Waals surface area (Å²) in [6.07, 6.45) is 0.712. The average molecular weight is 416 g/mol. The number of ether oxygens (including phenoxy) is 1. The summed E-state index contributed by atoms with van der Waals surface area (Å²) in [6, 6.07) is -1.57. The van der Waals surface area contributed by atoms with E-state index in [1.165, 1.54) is 13.8 Å². The van der Waals surface area contributed by atoms with E-state index in [0.29, 0.717) is 45.2 Å². The first kappa shape index (κ1) is 26.8. The molecule has 2 unspecified atom stereocenters. The number of carbonyl (C=O) groups excluding carboxylic acids is 4. The van der Waals surface area contributed by atoms with Crippen LogP contribution in [0, 0.1) is 5.92 Å². The quantitative estimate of drug-likeness (QED) is 0.217. The molecule has 4 amide bonds. The molecule has 10 nitrogen and oxygen atoms in total. The van der Waals surface area contributed by atoms with Crippen molar-refractivity contribution in [2.75, 3.05) is 32.8 Å². The van der Waals surface area contributed by atoms with Crippen molar-refractivity contribution < 1.29 is 23.9 Å². The van der Waals surface area contributed by atoms with Crippen molar-refractivity contribution in [3.63, 3.8) is 0 Å². The van der Waals surface area contributed by atoms with Crippen LogP contribution in [0.1, 0.15) is 47.0 Å². The van der Waals surface area contributed by atoms with Gasteiger partial charge in [0.25, 0.3) is 0 Å². The van der Waals surface area contributed by atoms with Gasteiger partial charge in [-0.25, -0.2) is 0 Å². The van der Waals surface area contributed by atoms with Crippen molar-refractivity contribution in [1.82, 2.24) is 21.3 Å². The maximum atomic E-state index is 12.1. The van der Waals surface area contributed by atoms with Crippen LogP contribution >= 0.6 is 0 Å². The lowest BCUT2D eigenvalue weighted by Crippen LogP contribution is -2.52. The van der Waals surface area contributed by atoms with E-state index >= 15 is 0 Å². The van der Waals surface area contributed by atoms with Crippen molar-refractivity contribution in [3.8, 4) is 0 Å². The molecule has 0 bridgehead atoms. The van der Waals surface area contributed by atoms with Crippen LogP contribution in [-0.4, -0.2) is 68.6 Å². The van der Waals surface area contributed by atoms with Gasteiger partial charge in [0, 0.05) is 45.7 Å². The number of rotatable bonds is 15. The lowest BCUT2D eigenvalue weighted by molar-refractivity contribution is -0.132. The third-order valence-electron chi connectivity index (χ3n) is 3.78. The van der Waals surface area contributed by atoms with Gasteiger partial charge in [0.2, 0.25) is 23.6 Å². The molecule has 0 aliphatic heterocycles. The number of hydrogen-bond acceptors (Lipinski definition) is 6. The smallest absolute Gasteiger partial charge is 0.242 e. The van der Waals surface area contributed by atoms with Crippen molar-refractivity contribution in [1.29, 1.82) is 0 Å². The van der Waals surface area contributed by atoms with Gasteiger partial charge in [-0.15, -0.1) is 0 Å². The first-order chi connectivity index (χ1) is 13.7. The summed E-state index contributed by atoms with van der Waals surface area (Å²) < 4.78 is 5.42. The van der Waals surface area contributed by atoms with Crippen LogP contribution in [0.4, 0.5) is 0 Å². The van der Waals surface area contributed by atoms with Crippen LogP contribution in [0.5, 0.6) is 0 Å². The Morgan fingerprint density at radius 2 is 1.45 bits per heavy atom. The summed E-state index contributed by atoms with van der Waals surface area (Å²) in [7, 11) is 0. The second-order valence-electron chi connectivity index (χ2n) is 7.27. The fourth-order valence-corrected chi connectivity index (χ4v) is 2.17. The maximum Gasteiger partial charge on any atom is 0.242 e. The largest absolute Gasteiger partial charge is 0.381 e. The Bertz CT molecular complexity index is 527. The lowest BCUT2D eigenvalue weighted by Gasteiger charge is -2.18. The van der Waals surface area contributed by atoms with Crippen LogP contribution in [0.2, 0.25) is 0 Å². The SMILES string of the molecule is CC(C)COCCCNC(=O)CCC(=O)NC(C)C(=O)NC(C)C(=O)NCCN. The number of nitrogens with one attached hydrogen (secondary N) is 4. The number of amides is 4. The number of hydrogen-bond donors (Lipinski definition) is 5. The Kier molecular flexibility index (Phi) is 14.5. The van der Waals surface area contributed by atoms with Gasteiger partial charge in [0.15, 0.2) is 0 Å². The Morgan fingerprint density at radius 3 is 2.07 bits per heavy atom. The molecule has 0 aliphatic carbocycles. The first-order valence-corrected chi connectivity index (χ1v) is 10.1. The minimum absolute atomic E-state index is 0.0279. The molecule has 0 aromatic rings. The van der Waals surface area contributed by atoms with Crippen molar-refractivity contribution in [3.05, 3.63) is 0 Å². The highest BCUT2D eigenvalue weighted by Crippen LogP contribution is 1.95. The highest BCUT2D eigenvalue weighted by Gasteiger charge is 2.20. The molecule has 29 heavy (non-hydrogen) atoms. The molecule has 0 heterocycles. The van der Waals surface area contributed by atoms with E-state index in [0.717, 1.165) is 0 Å². The van der Waals surface area contributed by atoms with Crippen LogP contribution in [0.15, 0.2) is 0 Å². The van der Waals surface area contributed by atoms with E-state index in [4.69, 9.17) is 10.5 Å². The van der Waals surface area contributed by atoms with Gasteiger partial charge in [-0.2, -0.15) is 0 Å². The molecule has 10 heteroatoms. The monoisotopic (exact) mass is 415 g/mol. The van der Waals surface area contributed by atoms with Crippen LogP contribution in [-0.2, 0) is 23.9 Å². The van der Waals surface area contributed by atoms with E-state index in [2.05, 4.69) is 35.1 Å². The van der Waals surface area contributed by atoms with Gasteiger partial charge in [0.05, 0.1) is 0 Å². The van der Waals surface area contributed by atoms with Crippen LogP contribution in [0.25, 0.3) is 0 Å². The summed E-state index contributed by atoms with van der Waals surface area (Å²) in [6.45, 7) is 9.56. The molecule has 0 aromatic heterocycles. The Morgan fingerprint density at radius 1 is 0.828 bits per heavy atom. The summed E-state index contributed by atoms with van der Waals surface area (Å²) in [4.78, 5) is 47.4. The van der Waals surface area contributed by atoms with Crippen molar-refractivity contribution in [2.45, 2.75) is 59.0 Å². The zero-order valence-electron chi connectivity index (χ0n) is 18.0. The maximum absolute atomic E-state index is 12.1. The molecule has 6 N–H and O–H groups in total. The van der Waals surface area contributed by atoms with E-state index in [1.54, 1.807) is 0 Å². The van der Waals surface area contributed by atoms with E-state index in [1.807, 2.05) is 0 Å². The molecule has 0 aromatic carbocycles. The third kappa shape index (κ3) is 14.5. The number of carbonyl (C=O) groups is 4. The summed E-state index contributed by atoms with van der Waals surface area (Å²) >= 11 is 0. The van der Waals surface area contributed by atoms with Gasteiger partial charge in [-0.1, -0.05) is 13.8 Å². The molecule has 0 rings (SSSR count). The zero-order chi connectivity index (χ0) is 22.2. The van der Waals surface area contributed by atoms with E-state index < -0.39 is 23.9 Å². The Balaban J connectivity index is 3.98. The molecule has 0 spiro atoms. The molecule has 0 fully saturated rings. The Hall–Kier alpha value is -2.20. The molecule has 0 saturated heterocycles. The molecule has 2 atom stereocenters. The molecule has 168 valence electrons. The number of nitrogens with two attached hydrogens (primary N) is 1. The minimum Gasteiger partial charge on any atom is -0.381 e. The van der Waals surface area contributed by atoms with E-state index in [-0.39, 0.29) is 24.7 Å². The molecule has 0 saturated carbocycles. The topological polar surface area (TPSA) is 152 Å². The predicted octanol–water partition coefficient (Wildman–Crippen LogP) is -0.970. The highest BCUT2D eigenvalue weighted by molar-refractivity contribution is 5.92. The van der Waals surface area contributed by atoms with Gasteiger partial charge in [0.1, 0.15) is 12.1 Å². The van der Waals surface area contributed by atoms with Gasteiger partial charge in [-0.3, -0.25) is 19.2 Å². The zero-order valence-corrected chi connectivity index (χ0v) is 18.0.